The molecule has 0 amide bonds. The summed E-state index contributed by atoms with van der Waals surface area (Å²) in [4.78, 5) is 72.9. The summed E-state index contributed by atoms with van der Waals surface area (Å²) in [5.41, 5.74) is 0. The third kappa shape index (κ3) is 72.3. The van der Waals surface area contributed by atoms with Crippen molar-refractivity contribution in [1.82, 2.24) is 0 Å². The van der Waals surface area contributed by atoms with E-state index >= 15 is 0 Å². The molecule has 0 aliphatic heterocycles. The van der Waals surface area contributed by atoms with Crippen LogP contribution in [0, 0.1) is 17.8 Å². The Morgan fingerprint density at radius 3 is 0.899 bits per heavy atom. The van der Waals surface area contributed by atoms with Crippen LogP contribution in [0.2, 0.25) is 0 Å². The molecule has 0 rings (SSSR count). The lowest BCUT2D eigenvalue weighted by Crippen LogP contribution is -2.30. The maximum absolute atomic E-state index is 13.1. The van der Waals surface area contributed by atoms with Gasteiger partial charge in [0.15, 0.2) is 12.2 Å². The fourth-order valence-corrected chi connectivity index (χ4v) is 13.3. The third-order valence-electron chi connectivity index (χ3n) is 18.4. The van der Waals surface area contributed by atoms with Gasteiger partial charge in [-0.3, -0.25) is 37.3 Å². The monoisotopic (exact) mass is 1450 g/mol. The molecule has 0 bridgehead atoms. The minimum Gasteiger partial charge on any atom is -0.462 e. The Balaban J connectivity index is 5.20. The third-order valence-corrected chi connectivity index (χ3v) is 20.3. The number of carbonyl (C=O) groups is 4. The molecule has 19 heteroatoms. The number of phosphoric acid groups is 2. The molecule has 6 atom stereocenters. The topological polar surface area (TPSA) is 237 Å². The molecule has 0 radical (unpaired) electrons. The molecule has 99 heavy (non-hydrogen) atoms. The predicted molar refractivity (Wildman–Crippen MR) is 404 cm³/mol. The molecule has 3 N–H and O–H groups in total. The zero-order valence-electron chi connectivity index (χ0n) is 64.4. The Bertz CT molecular complexity index is 2020. The van der Waals surface area contributed by atoms with Gasteiger partial charge in [0.05, 0.1) is 26.4 Å². The van der Waals surface area contributed by atoms with Gasteiger partial charge in [0, 0.05) is 25.7 Å². The SMILES string of the molecule is CCCCCC/C=C\C=C/CCCCCCCC(=O)O[C@H](COC(=O)CCCCCCCCC(C)C)COP(=O)(O)OC[C@H](O)COP(=O)(O)OC[C@@H](COC(=O)CCCCCCCCCCCCCCCCCCCCC(C)CC)OC(=O)CCCCCCCCCCCCC(C)C. The number of hydrogen-bond donors (Lipinski definition) is 3. The highest BCUT2D eigenvalue weighted by Gasteiger charge is 2.30. The molecule has 0 aromatic heterocycles. The normalized spacial score (nSPS) is 14.4. The summed E-state index contributed by atoms with van der Waals surface area (Å²) in [5, 5.41) is 10.6. The molecular formula is C80H152O17P2. The molecule has 0 aliphatic carbocycles. The number of aliphatic hydroxyl groups is 1. The fraction of sp³-hybridized carbons (Fsp3) is 0.900. The van der Waals surface area contributed by atoms with Crippen molar-refractivity contribution in [2.75, 3.05) is 39.6 Å². The van der Waals surface area contributed by atoms with Gasteiger partial charge in [-0.15, -0.1) is 0 Å². The van der Waals surface area contributed by atoms with Gasteiger partial charge in [0.1, 0.15) is 19.3 Å². The maximum atomic E-state index is 13.1. The quantitative estimate of drug-likeness (QED) is 0.0169. The van der Waals surface area contributed by atoms with E-state index in [0.717, 1.165) is 121 Å². The largest absolute Gasteiger partial charge is 0.472 e. The number of allylic oxidation sites excluding steroid dienone is 4. The van der Waals surface area contributed by atoms with Crippen molar-refractivity contribution < 1.29 is 80.2 Å². The lowest BCUT2D eigenvalue weighted by Gasteiger charge is -2.21. The van der Waals surface area contributed by atoms with Gasteiger partial charge in [-0.25, -0.2) is 9.13 Å². The molecule has 0 heterocycles. The highest BCUT2D eigenvalue weighted by Crippen LogP contribution is 2.45. The Kier molecular flexibility index (Phi) is 68.1. The average molecular weight is 1450 g/mol. The van der Waals surface area contributed by atoms with Gasteiger partial charge in [0.25, 0.3) is 0 Å². The van der Waals surface area contributed by atoms with Crippen molar-refractivity contribution >= 4 is 39.5 Å². The van der Waals surface area contributed by atoms with Crippen LogP contribution in [0.3, 0.4) is 0 Å². The van der Waals surface area contributed by atoms with E-state index in [1.165, 1.54) is 180 Å². The van der Waals surface area contributed by atoms with Crippen molar-refractivity contribution in [3.8, 4) is 0 Å². The second kappa shape index (κ2) is 69.9. The number of carbonyl (C=O) groups excluding carboxylic acids is 4. The Labute approximate surface area is 605 Å². The Hall–Kier alpha value is -2.46. The van der Waals surface area contributed by atoms with Crippen molar-refractivity contribution in [2.24, 2.45) is 17.8 Å². The summed E-state index contributed by atoms with van der Waals surface area (Å²) < 4.78 is 68.5. The maximum Gasteiger partial charge on any atom is 0.472 e. The van der Waals surface area contributed by atoms with Crippen LogP contribution in [-0.2, 0) is 65.4 Å². The number of hydrogen-bond acceptors (Lipinski definition) is 15. The number of ether oxygens (including phenoxy) is 4. The smallest absolute Gasteiger partial charge is 0.462 e. The molecular weight excluding hydrogens is 1290 g/mol. The number of phosphoric ester groups is 2. The average Bonchev–Trinajstić information content (AvgIpc) is 1.08. The molecule has 17 nitrogen and oxygen atoms in total. The molecule has 0 aromatic carbocycles. The zero-order valence-corrected chi connectivity index (χ0v) is 66.2. The summed E-state index contributed by atoms with van der Waals surface area (Å²) in [6, 6.07) is 0. The molecule has 0 saturated carbocycles. The van der Waals surface area contributed by atoms with E-state index in [9.17, 15) is 43.2 Å². The van der Waals surface area contributed by atoms with Crippen LogP contribution in [0.15, 0.2) is 24.3 Å². The number of esters is 4. The first kappa shape index (κ1) is 96.5. The van der Waals surface area contributed by atoms with E-state index in [0.29, 0.717) is 31.6 Å². The van der Waals surface area contributed by atoms with Gasteiger partial charge in [0.2, 0.25) is 0 Å². The number of rotatable bonds is 76. The van der Waals surface area contributed by atoms with Crippen LogP contribution in [0.4, 0.5) is 0 Å². The Morgan fingerprint density at radius 1 is 0.333 bits per heavy atom. The molecule has 0 aliphatic rings. The fourth-order valence-electron chi connectivity index (χ4n) is 11.7. The van der Waals surface area contributed by atoms with Crippen molar-refractivity contribution in [1.29, 1.82) is 0 Å². The molecule has 0 aromatic rings. The molecule has 584 valence electrons. The first-order valence-corrected chi connectivity index (χ1v) is 43.7. The zero-order chi connectivity index (χ0) is 73.0. The van der Waals surface area contributed by atoms with Crippen LogP contribution in [-0.4, -0.2) is 96.7 Å². The van der Waals surface area contributed by atoms with Gasteiger partial charge in [-0.1, -0.05) is 336 Å². The van der Waals surface area contributed by atoms with Crippen molar-refractivity contribution in [2.45, 2.75) is 407 Å². The van der Waals surface area contributed by atoms with Gasteiger partial charge < -0.3 is 33.8 Å². The van der Waals surface area contributed by atoms with Crippen molar-refractivity contribution in [3.63, 3.8) is 0 Å². The van der Waals surface area contributed by atoms with Crippen LogP contribution >= 0.6 is 15.6 Å². The summed E-state index contributed by atoms with van der Waals surface area (Å²) in [5.74, 6) is 0.152. The molecule has 0 saturated heterocycles. The standard InChI is InChI=1S/C80H152O17P2/c1-8-10-11-12-13-14-15-16-21-26-29-35-40-49-56-63-79(84)97-76(68-91-78(83)62-55-48-43-42-45-52-59-72(5)6)70-95-99(88,89)93-66-74(81)65-92-98(86,87)94-69-75(96-80(85)64-57-50-41-36-31-30-32-37-44-51-58-71(3)4)67-90-77(82)61-54-47-39-34-28-25-23-20-18-17-19-22-24-27-33-38-46-53-60-73(7)9-2/h14-16,21,71-76,81H,8-13,17-20,22-70H2,1-7H3,(H,86,87)(H,88,89)/b15-14-,21-16-/t73?,74-,75-,76-/m1/s1. The van der Waals surface area contributed by atoms with Crippen LogP contribution in [0.1, 0.15) is 389 Å². The first-order valence-electron chi connectivity index (χ1n) is 40.7. The summed E-state index contributed by atoms with van der Waals surface area (Å²) in [7, 11) is -9.93. The van der Waals surface area contributed by atoms with Gasteiger partial charge >= 0.3 is 39.5 Å². The van der Waals surface area contributed by atoms with Crippen LogP contribution < -0.4 is 0 Å². The highest BCUT2D eigenvalue weighted by atomic mass is 31.2. The predicted octanol–water partition coefficient (Wildman–Crippen LogP) is 23.3. The summed E-state index contributed by atoms with van der Waals surface area (Å²) in [6.45, 7) is 11.8. The van der Waals surface area contributed by atoms with E-state index in [1.54, 1.807) is 0 Å². The molecule has 3 unspecified atom stereocenters. The summed E-state index contributed by atoms with van der Waals surface area (Å²) in [6.07, 6.45) is 60.7. The second-order valence-corrected chi connectivity index (χ2v) is 32.2. The first-order chi connectivity index (χ1) is 47.8. The minimum atomic E-state index is -4.96. The van der Waals surface area contributed by atoms with E-state index in [-0.39, 0.29) is 25.7 Å². The number of aliphatic hydroxyl groups excluding tert-OH is 1. The minimum absolute atomic E-state index is 0.0838. The van der Waals surface area contributed by atoms with Crippen molar-refractivity contribution in [3.05, 3.63) is 24.3 Å². The second-order valence-electron chi connectivity index (χ2n) is 29.3. The lowest BCUT2D eigenvalue weighted by molar-refractivity contribution is -0.161. The Morgan fingerprint density at radius 2 is 0.596 bits per heavy atom. The van der Waals surface area contributed by atoms with E-state index < -0.39 is 97.5 Å². The van der Waals surface area contributed by atoms with E-state index in [4.69, 9.17) is 37.0 Å². The van der Waals surface area contributed by atoms with Gasteiger partial charge in [-0.2, -0.15) is 0 Å². The molecule has 0 spiro atoms. The summed E-state index contributed by atoms with van der Waals surface area (Å²) >= 11 is 0. The molecule has 0 fully saturated rings. The highest BCUT2D eigenvalue weighted by molar-refractivity contribution is 7.47. The van der Waals surface area contributed by atoms with E-state index in [2.05, 4.69) is 72.8 Å². The van der Waals surface area contributed by atoms with Crippen LogP contribution in [0.25, 0.3) is 0 Å². The van der Waals surface area contributed by atoms with Gasteiger partial charge in [-0.05, 0) is 69.1 Å². The van der Waals surface area contributed by atoms with E-state index in [1.807, 2.05) is 0 Å². The lowest BCUT2D eigenvalue weighted by atomic mass is 9.99. The van der Waals surface area contributed by atoms with Crippen LogP contribution in [0.5, 0.6) is 0 Å². The number of unbranched alkanes of at least 4 members (excludes halogenated alkanes) is 40.